The molecule has 0 aliphatic heterocycles. The third-order valence-corrected chi connectivity index (χ3v) is 3.02. The monoisotopic (exact) mass is 301 g/mol. The molecule has 118 valence electrons. The van der Waals surface area contributed by atoms with E-state index in [4.69, 9.17) is 9.94 Å². The van der Waals surface area contributed by atoms with Gasteiger partial charge in [-0.1, -0.05) is 23.4 Å². The van der Waals surface area contributed by atoms with Crippen LogP contribution in [0.4, 0.5) is 0 Å². The number of hydrogen-bond acceptors (Lipinski definition) is 4. The standard InChI is InChI=1S/C18H23NO3/c1-13(8-7-11-19-21)14(2)15-9-6-10-16(12-15)17(20)22-18(3,4)5/h6-12,21H,1-5H3/b8-7-,14-13+,19-11?. The molecule has 1 rings (SSSR count). The molecule has 1 aromatic carbocycles. The largest absolute Gasteiger partial charge is 0.456 e. The van der Waals surface area contributed by atoms with Gasteiger partial charge in [0.1, 0.15) is 5.60 Å². The number of allylic oxidation sites excluding steroid dienone is 4. The maximum absolute atomic E-state index is 12.1. The first-order chi connectivity index (χ1) is 10.2. The fraction of sp³-hybridized carbons (Fsp3) is 0.333. The number of rotatable bonds is 4. The SMILES string of the molecule is CC(/C=C\C=NO)=C(/C)c1cccc(C(=O)OC(C)(C)C)c1. The van der Waals surface area contributed by atoms with Crippen LogP contribution in [0.25, 0.3) is 5.57 Å². The maximum atomic E-state index is 12.1. The molecule has 0 aliphatic carbocycles. The van der Waals surface area contributed by atoms with Gasteiger partial charge in [-0.05, 0) is 69.5 Å². The number of carbonyl (C=O) groups is 1. The summed E-state index contributed by atoms with van der Waals surface area (Å²) in [6, 6.07) is 7.35. The second kappa shape index (κ2) is 7.59. The Hall–Kier alpha value is -2.36. The van der Waals surface area contributed by atoms with Crippen LogP contribution >= 0.6 is 0 Å². The molecule has 0 atom stereocenters. The van der Waals surface area contributed by atoms with Gasteiger partial charge < -0.3 is 9.94 Å². The lowest BCUT2D eigenvalue weighted by molar-refractivity contribution is 0.00695. The summed E-state index contributed by atoms with van der Waals surface area (Å²) < 4.78 is 5.38. The first kappa shape index (κ1) is 17.7. The molecule has 0 unspecified atom stereocenters. The molecule has 0 saturated heterocycles. The fourth-order valence-corrected chi connectivity index (χ4v) is 1.79. The minimum atomic E-state index is -0.514. The summed E-state index contributed by atoms with van der Waals surface area (Å²) in [4.78, 5) is 12.1. The van der Waals surface area contributed by atoms with Gasteiger partial charge in [-0.3, -0.25) is 0 Å². The molecule has 4 nitrogen and oxygen atoms in total. The van der Waals surface area contributed by atoms with Crippen LogP contribution in [-0.2, 0) is 4.74 Å². The fourth-order valence-electron chi connectivity index (χ4n) is 1.79. The van der Waals surface area contributed by atoms with Crippen molar-refractivity contribution < 1.29 is 14.7 Å². The van der Waals surface area contributed by atoms with E-state index in [1.807, 2.05) is 58.9 Å². The zero-order valence-corrected chi connectivity index (χ0v) is 13.8. The summed E-state index contributed by atoms with van der Waals surface area (Å²) >= 11 is 0. The van der Waals surface area contributed by atoms with Gasteiger partial charge in [0, 0.05) is 0 Å². The van der Waals surface area contributed by atoms with E-state index in [0.29, 0.717) is 5.56 Å². The Balaban J connectivity index is 3.06. The lowest BCUT2D eigenvalue weighted by Crippen LogP contribution is -2.23. The number of ether oxygens (including phenoxy) is 1. The van der Waals surface area contributed by atoms with Gasteiger partial charge in [0.05, 0.1) is 11.8 Å². The summed E-state index contributed by atoms with van der Waals surface area (Å²) in [5.74, 6) is -0.331. The number of benzene rings is 1. The van der Waals surface area contributed by atoms with Crippen LogP contribution in [0.2, 0.25) is 0 Å². The summed E-state index contributed by atoms with van der Waals surface area (Å²) in [6.45, 7) is 9.47. The molecule has 0 amide bonds. The molecule has 0 spiro atoms. The Kier molecular flexibility index (Phi) is 6.11. The highest BCUT2D eigenvalue weighted by atomic mass is 16.6. The Morgan fingerprint density at radius 1 is 1.23 bits per heavy atom. The molecule has 0 saturated carbocycles. The van der Waals surface area contributed by atoms with E-state index in [-0.39, 0.29) is 5.97 Å². The molecule has 0 aliphatic rings. The molecule has 1 aromatic rings. The predicted octanol–water partition coefficient (Wildman–Crippen LogP) is 4.45. The average Bonchev–Trinajstić information content (AvgIpc) is 2.45. The second-order valence-corrected chi connectivity index (χ2v) is 6.01. The van der Waals surface area contributed by atoms with Gasteiger partial charge in [-0.15, -0.1) is 0 Å². The van der Waals surface area contributed by atoms with E-state index < -0.39 is 5.60 Å². The van der Waals surface area contributed by atoms with Crippen molar-refractivity contribution in [3.63, 3.8) is 0 Å². The number of esters is 1. The summed E-state index contributed by atoms with van der Waals surface area (Å²) in [6.07, 6.45) is 4.79. The first-order valence-electron chi connectivity index (χ1n) is 7.10. The summed E-state index contributed by atoms with van der Waals surface area (Å²) in [5.41, 5.74) is 3.02. The first-order valence-corrected chi connectivity index (χ1v) is 7.10. The smallest absolute Gasteiger partial charge is 0.338 e. The third-order valence-electron chi connectivity index (χ3n) is 3.02. The van der Waals surface area contributed by atoms with Crippen molar-refractivity contribution in [2.24, 2.45) is 5.16 Å². The van der Waals surface area contributed by atoms with Crippen LogP contribution in [-0.4, -0.2) is 23.0 Å². The molecule has 0 fully saturated rings. The molecule has 0 heterocycles. The lowest BCUT2D eigenvalue weighted by Gasteiger charge is -2.19. The highest BCUT2D eigenvalue weighted by Crippen LogP contribution is 2.21. The van der Waals surface area contributed by atoms with Crippen molar-refractivity contribution in [2.75, 3.05) is 0 Å². The quantitative estimate of drug-likeness (QED) is 0.294. The van der Waals surface area contributed by atoms with Gasteiger partial charge in [-0.25, -0.2) is 4.79 Å². The van der Waals surface area contributed by atoms with E-state index in [1.165, 1.54) is 6.21 Å². The average molecular weight is 301 g/mol. The lowest BCUT2D eigenvalue weighted by atomic mass is 10.00. The highest BCUT2D eigenvalue weighted by molar-refractivity contribution is 5.91. The van der Waals surface area contributed by atoms with Crippen molar-refractivity contribution >= 4 is 17.8 Å². The number of carbonyl (C=O) groups excluding carboxylic acids is 1. The zero-order valence-electron chi connectivity index (χ0n) is 13.8. The van der Waals surface area contributed by atoms with Crippen molar-refractivity contribution in [2.45, 2.75) is 40.2 Å². The number of nitrogens with zero attached hydrogens (tertiary/aromatic N) is 1. The van der Waals surface area contributed by atoms with Crippen LogP contribution in [0.1, 0.15) is 50.5 Å². The van der Waals surface area contributed by atoms with E-state index in [0.717, 1.165) is 16.7 Å². The van der Waals surface area contributed by atoms with Gasteiger partial charge in [0.25, 0.3) is 0 Å². The van der Waals surface area contributed by atoms with E-state index in [9.17, 15) is 4.79 Å². The molecule has 0 radical (unpaired) electrons. The topological polar surface area (TPSA) is 58.9 Å². The molecule has 4 heteroatoms. The molecule has 22 heavy (non-hydrogen) atoms. The zero-order chi connectivity index (χ0) is 16.8. The van der Waals surface area contributed by atoms with Crippen molar-refractivity contribution in [1.29, 1.82) is 0 Å². The number of hydrogen-bond donors (Lipinski definition) is 1. The van der Waals surface area contributed by atoms with Crippen LogP contribution in [0.15, 0.2) is 47.1 Å². The molecular weight excluding hydrogens is 278 g/mol. The Labute approximate surface area is 131 Å². The van der Waals surface area contributed by atoms with Crippen molar-refractivity contribution in [1.82, 2.24) is 0 Å². The van der Waals surface area contributed by atoms with Gasteiger partial charge in [0.15, 0.2) is 0 Å². The van der Waals surface area contributed by atoms with Crippen molar-refractivity contribution in [3.05, 3.63) is 53.1 Å². The van der Waals surface area contributed by atoms with Gasteiger partial charge in [-0.2, -0.15) is 0 Å². The summed E-state index contributed by atoms with van der Waals surface area (Å²) in [5, 5.41) is 11.3. The van der Waals surface area contributed by atoms with Crippen LogP contribution in [0, 0.1) is 0 Å². The van der Waals surface area contributed by atoms with E-state index in [1.54, 1.807) is 12.1 Å². The minimum Gasteiger partial charge on any atom is -0.456 e. The van der Waals surface area contributed by atoms with Crippen LogP contribution in [0.5, 0.6) is 0 Å². The van der Waals surface area contributed by atoms with Crippen molar-refractivity contribution in [3.8, 4) is 0 Å². The van der Waals surface area contributed by atoms with Crippen LogP contribution < -0.4 is 0 Å². The molecule has 0 bridgehead atoms. The van der Waals surface area contributed by atoms with Gasteiger partial charge in [0.2, 0.25) is 0 Å². The Morgan fingerprint density at radius 2 is 1.86 bits per heavy atom. The predicted molar refractivity (Wildman–Crippen MR) is 89.3 cm³/mol. The second-order valence-electron chi connectivity index (χ2n) is 6.01. The highest BCUT2D eigenvalue weighted by Gasteiger charge is 2.18. The maximum Gasteiger partial charge on any atom is 0.338 e. The molecule has 1 N–H and O–H groups in total. The normalized spacial score (nSPS) is 13.5. The van der Waals surface area contributed by atoms with Gasteiger partial charge >= 0.3 is 5.97 Å². The minimum absolute atomic E-state index is 0.331. The Morgan fingerprint density at radius 3 is 2.45 bits per heavy atom. The molecule has 0 aromatic heterocycles. The summed E-state index contributed by atoms with van der Waals surface area (Å²) in [7, 11) is 0. The number of oxime groups is 1. The van der Waals surface area contributed by atoms with E-state index in [2.05, 4.69) is 5.16 Å². The Bertz CT molecular complexity index is 619. The molecular formula is C18H23NO3. The van der Waals surface area contributed by atoms with Crippen LogP contribution in [0.3, 0.4) is 0 Å². The third kappa shape index (κ3) is 5.56. The van der Waals surface area contributed by atoms with E-state index >= 15 is 0 Å².